The summed E-state index contributed by atoms with van der Waals surface area (Å²) in [5.41, 5.74) is 0. The molecule has 0 aromatic rings. The van der Waals surface area contributed by atoms with E-state index in [9.17, 15) is 13.5 Å². The lowest BCUT2D eigenvalue weighted by atomic mass is 10.3. The number of aliphatic hydroxyl groups is 1. The Balaban J connectivity index is 3.33. The normalized spacial score (nSPS) is 13.9. The van der Waals surface area contributed by atoms with Gasteiger partial charge in [0.1, 0.15) is 9.84 Å². The van der Waals surface area contributed by atoms with Gasteiger partial charge in [0.05, 0.1) is 18.5 Å². The van der Waals surface area contributed by atoms with Crippen LogP contribution in [0.2, 0.25) is 0 Å². The molecule has 0 spiro atoms. The van der Waals surface area contributed by atoms with E-state index in [4.69, 9.17) is 4.74 Å². The molecule has 0 aliphatic carbocycles. The average Bonchev–Trinajstić information content (AvgIpc) is 2.18. The second kappa shape index (κ2) is 8.92. The Hall–Kier alpha value is -0.170. The third kappa shape index (κ3) is 11.9. The number of sulfone groups is 1. The maximum Gasteiger partial charge on any atom is 0.148 e. The van der Waals surface area contributed by atoms with E-state index >= 15 is 0 Å². The van der Waals surface area contributed by atoms with E-state index in [1.165, 1.54) is 6.26 Å². The molecule has 0 heterocycles. The second-order valence-electron chi connectivity index (χ2n) is 3.92. The van der Waals surface area contributed by atoms with E-state index < -0.39 is 15.9 Å². The van der Waals surface area contributed by atoms with Gasteiger partial charge in [-0.05, 0) is 6.42 Å². The predicted molar refractivity (Wildman–Crippen MR) is 64.3 cm³/mol. The van der Waals surface area contributed by atoms with Crippen LogP contribution in [0.15, 0.2) is 0 Å². The molecule has 0 aromatic heterocycles. The van der Waals surface area contributed by atoms with Crippen molar-refractivity contribution in [1.82, 2.24) is 5.32 Å². The quantitative estimate of drug-likeness (QED) is 0.527. The van der Waals surface area contributed by atoms with Crippen LogP contribution < -0.4 is 5.32 Å². The van der Waals surface area contributed by atoms with Crippen molar-refractivity contribution in [2.45, 2.75) is 25.9 Å². The summed E-state index contributed by atoms with van der Waals surface area (Å²) >= 11 is 0. The van der Waals surface area contributed by atoms with Gasteiger partial charge < -0.3 is 15.2 Å². The van der Waals surface area contributed by atoms with Crippen molar-refractivity contribution >= 4 is 9.84 Å². The molecular weight excluding hydrogens is 230 g/mol. The molecule has 0 aliphatic rings. The Morgan fingerprint density at radius 3 is 2.69 bits per heavy atom. The van der Waals surface area contributed by atoms with Crippen molar-refractivity contribution in [3.8, 4) is 0 Å². The summed E-state index contributed by atoms with van der Waals surface area (Å²) in [4.78, 5) is 0. The molecule has 6 heteroatoms. The van der Waals surface area contributed by atoms with Gasteiger partial charge in [0.25, 0.3) is 0 Å². The number of ether oxygens (including phenoxy) is 1. The summed E-state index contributed by atoms with van der Waals surface area (Å²) in [6.45, 7) is 3.77. The highest BCUT2D eigenvalue weighted by Crippen LogP contribution is 1.90. The van der Waals surface area contributed by atoms with Crippen molar-refractivity contribution < 1.29 is 18.3 Å². The lowest BCUT2D eigenvalue weighted by molar-refractivity contribution is 0.0362. The largest absolute Gasteiger partial charge is 0.389 e. The van der Waals surface area contributed by atoms with Gasteiger partial charge in [0.2, 0.25) is 0 Å². The van der Waals surface area contributed by atoms with Gasteiger partial charge in [0, 0.05) is 26.0 Å². The van der Waals surface area contributed by atoms with E-state index in [0.717, 1.165) is 12.8 Å². The van der Waals surface area contributed by atoms with Crippen molar-refractivity contribution in [3.05, 3.63) is 0 Å². The fourth-order valence-electron chi connectivity index (χ4n) is 1.05. The van der Waals surface area contributed by atoms with Crippen LogP contribution in [0.5, 0.6) is 0 Å². The Morgan fingerprint density at radius 1 is 1.44 bits per heavy atom. The Bertz CT molecular complexity index is 254. The van der Waals surface area contributed by atoms with Gasteiger partial charge in [-0.15, -0.1) is 0 Å². The first-order chi connectivity index (χ1) is 7.45. The van der Waals surface area contributed by atoms with E-state index in [2.05, 4.69) is 12.2 Å². The summed E-state index contributed by atoms with van der Waals surface area (Å²) in [5, 5.41) is 12.3. The molecule has 0 radical (unpaired) electrons. The first kappa shape index (κ1) is 15.8. The van der Waals surface area contributed by atoms with E-state index in [1.807, 2.05) is 0 Å². The summed E-state index contributed by atoms with van der Waals surface area (Å²) in [6.07, 6.45) is 2.69. The molecule has 0 aromatic carbocycles. The SMILES string of the molecule is CCCCOCC(O)CNCCS(C)(=O)=O. The first-order valence-electron chi connectivity index (χ1n) is 5.60. The van der Waals surface area contributed by atoms with Gasteiger partial charge in [-0.2, -0.15) is 0 Å². The Labute approximate surface area is 98.1 Å². The van der Waals surface area contributed by atoms with Crippen molar-refractivity contribution in [1.29, 1.82) is 0 Å². The fourth-order valence-corrected chi connectivity index (χ4v) is 1.57. The molecule has 1 unspecified atom stereocenters. The summed E-state index contributed by atoms with van der Waals surface area (Å²) in [5.74, 6) is 0.0937. The molecule has 98 valence electrons. The smallest absolute Gasteiger partial charge is 0.148 e. The molecule has 0 bridgehead atoms. The zero-order chi connectivity index (χ0) is 12.4. The molecule has 0 aliphatic heterocycles. The van der Waals surface area contributed by atoms with Gasteiger partial charge >= 0.3 is 0 Å². The van der Waals surface area contributed by atoms with E-state index in [1.54, 1.807) is 0 Å². The molecule has 0 saturated carbocycles. The minimum absolute atomic E-state index is 0.0937. The van der Waals surface area contributed by atoms with E-state index in [0.29, 0.717) is 26.3 Å². The van der Waals surface area contributed by atoms with Gasteiger partial charge in [-0.25, -0.2) is 8.42 Å². The summed E-state index contributed by atoms with van der Waals surface area (Å²) < 4.78 is 26.8. The van der Waals surface area contributed by atoms with Crippen LogP contribution in [-0.2, 0) is 14.6 Å². The fraction of sp³-hybridized carbons (Fsp3) is 1.00. The van der Waals surface area contributed by atoms with Crippen LogP contribution in [0, 0.1) is 0 Å². The molecule has 5 nitrogen and oxygen atoms in total. The van der Waals surface area contributed by atoms with Gasteiger partial charge in [0.15, 0.2) is 0 Å². The number of rotatable bonds is 10. The van der Waals surface area contributed by atoms with Crippen molar-refractivity contribution in [2.75, 3.05) is 38.3 Å². The monoisotopic (exact) mass is 253 g/mol. The van der Waals surface area contributed by atoms with Crippen LogP contribution >= 0.6 is 0 Å². The van der Waals surface area contributed by atoms with Crippen molar-refractivity contribution in [2.24, 2.45) is 0 Å². The molecule has 16 heavy (non-hydrogen) atoms. The van der Waals surface area contributed by atoms with Crippen LogP contribution in [0.4, 0.5) is 0 Å². The maximum absolute atomic E-state index is 10.8. The minimum Gasteiger partial charge on any atom is -0.389 e. The van der Waals surface area contributed by atoms with Crippen LogP contribution in [0.25, 0.3) is 0 Å². The molecule has 0 saturated heterocycles. The third-order valence-electron chi connectivity index (χ3n) is 1.98. The maximum atomic E-state index is 10.8. The number of nitrogens with one attached hydrogen (secondary N) is 1. The minimum atomic E-state index is -2.92. The van der Waals surface area contributed by atoms with E-state index in [-0.39, 0.29) is 5.75 Å². The molecule has 0 rings (SSSR count). The number of hydrogen-bond acceptors (Lipinski definition) is 5. The first-order valence-corrected chi connectivity index (χ1v) is 7.66. The summed E-state index contributed by atoms with van der Waals surface area (Å²) in [7, 11) is -2.92. The highest BCUT2D eigenvalue weighted by molar-refractivity contribution is 7.90. The molecule has 2 N–H and O–H groups in total. The number of aliphatic hydroxyl groups excluding tert-OH is 1. The zero-order valence-corrected chi connectivity index (χ0v) is 10.9. The highest BCUT2D eigenvalue weighted by Gasteiger charge is 2.05. The Morgan fingerprint density at radius 2 is 2.12 bits per heavy atom. The third-order valence-corrected chi connectivity index (χ3v) is 2.93. The topological polar surface area (TPSA) is 75.6 Å². The lowest BCUT2D eigenvalue weighted by Crippen LogP contribution is -2.33. The molecule has 1 atom stereocenters. The number of unbranched alkanes of at least 4 members (excludes halogenated alkanes) is 1. The summed E-state index contributed by atoms with van der Waals surface area (Å²) in [6, 6.07) is 0. The zero-order valence-electron chi connectivity index (χ0n) is 10.1. The van der Waals surface area contributed by atoms with Gasteiger partial charge in [-0.1, -0.05) is 13.3 Å². The molecule has 0 amide bonds. The van der Waals surface area contributed by atoms with Crippen LogP contribution in [-0.4, -0.2) is 57.9 Å². The molecular formula is C10H23NO4S. The van der Waals surface area contributed by atoms with Crippen LogP contribution in [0.3, 0.4) is 0 Å². The number of hydrogen-bond donors (Lipinski definition) is 2. The molecule has 0 fully saturated rings. The highest BCUT2D eigenvalue weighted by atomic mass is 32.2. The standard InChI is InChI=1S/C10H23NO4S/c1-3-4-6-15-9-10(12)8-11-5-7-16(2,13)14/h10-12H,3-9H2,1-2H3. The van der Waals surface area contributed by atoms with Gasteiger partial charge in [-0.3, -0.25) is 0 Å². The Kier molecular flexibility index (Phi) is 8.83. The average molecular weight is 253 g/mol. The lowest BCUT2D eigenvalue weighted by Gasteiger charge is -2.11. The van der Waals surface area contributed by atoms with Crippen LogP contribution in [0.1, 0.15) is 19.8 Å². The second-order valence-corrected chi connectivity index (χ2v) is 6.18. The predicted octanol–water partition coefficient (Wildman–Crippen LogP) is -0.202. The van der Waals surface area contributed by atoms with Crippen molar-refractivity contribution in [3.63, 3.8) is 0 Å².